The van der Waals surface area contributed by atoms with Crippen LogP contribution in [-0.2, 0) is 16.1 Å². The zero-order chi connectivity index (χ0) is 24.2. The van der Waals surface area contributed by atoms with Gasteiger partial charge in [0.1, 0.15) is 17.3 Å². The molecule has 0 saturated heterocycles. The van der Waals surface area contributed by atoms with Gasteiger partial charge in [0, 0.05) is 11.8 Å². The Hall–Kier alpha value is -3.93. The minimum Gasteiger partial charge on any atom is -0.494 e. The molecule has 34 heavy (non-hydrogen) atoms. The van der Waals surface area contributed by atoms with E-state index in [1.807, 2.05) is 57.2 Å². The van der Waals surface area contributed by atoms with Crippen LogP contribution in [-0.4, -0.2) is 23.3 Å². The summed E-state index contributed by atoms with van der Waals surface area (Å²) in [5, 5.41) is 3.17. The van der Waals surface area contributed by atoms with Gasteiger partial charge in [-0.25, -0.2) is 4.39 Å². The summed E-state index contributed by atoms with van der Waals surface area (Å²) in [6, 6.07) is 18.8. The van der Waals surface area contributed by atoms with Crippen LogP contribution in [0.15, 0.2) is 72.4 Å². The lowest BCUT2D eigenvalue weighted by atomic mass is 9.99. The molecule has 0 spiro atoms. The first kappa shape index (κ1) is 23.2. The van der Waals surface area contributed by atoms with Gasteiger partial charge in [-0.15, -0.1) is 0 Å². The van der Waals surface area contributed by atoms with Crippen LogP contribution in [0.1, 0.15) is 35.6 Å². The SMILES string of the molecule is CCCOc1cccc(NC2=C(c3ccc(C)c(C)c3)C(=O)N(Cc3ccc(F)cc3)C2=O)c1. The van der Waals surface area contributed by atoms with Crippen molar-refractivity contribution >= 4 is 23.1 Å². The predicted octanol–water partition coefficient (Wildman–Crippen LogP) is 5.62. The summed E-state index contributed by atoms with van der Waals surface area (Å²) in [6.45, 7) is 6.64. The molecule has 0 unspecified atom stereocenters. The fraction of sp³-hybridized carbons (Fsp3) is 0.214. The van der Waals surface area contributed by atoms with Crippen molar-refractivity contribution in [3.63, 3.8) is 0 Å². The van der Waals surface area contributed by atoms with E-state index in [0.717, 1.165) is 17.5 Å². The molecule has 174 valence electrons. The van der Waals surface area contributed by atoms with Crippen LogP contribution < -0.4 is 10.1 Å². The maximum Gasteiger partial charge on any atom is 0.278 e. The van der Waals surface area contributed by atoms with Crippen molar-refractivity contribution in [2.24, 2.45) is 0 Å². The second-order valence-electron chi connectivity index (χ2n) is 8.37. The van der Waals surface area contributed by atoms with Crippen molar-refractivity contribution in [3.8, 4) is 5.75 Å². The highest BCUT2D eigenvalue weighted by molar-refractivity contribution is 6.36. The van der Waals surface area contributed by atoms with Gasteiger partial charge in [-0.3, -0.25) is 14.5 Å². The maximum absolute atomic E-state index is 13.5. The van der Waals surface area contributed by atoms with Crippen LogP contribution in [0, 0.1) is 19.7 Å². The number of carbonyl (C=O) groups excluding carboxylic acids is 2. The molecule has 6 heteroatoms. The molecule has 3 aromatic carbocycles. The van der Waals surface area contributed by atoms with E-state index in [9.17, 15) is 14.0 Å². The molecule has 1 heterocycles. The number of rotatable bonds is 8. The first-order chi connectivity index (χ1) is 16.4. The third-order valence-corrected chi connectivity index (χ3v) is 5.79. The molecule has 1 aliphatic heterocycles. The van der Waals surface area contributed by atoms with Gasteiger partial charge >= 0.3 is 0 Å². The van der Waals surface area contributed by atoms with Crippen molar-refractivity contribution in [3.05, 3.63) is 100 Å². The van der Waals surface area contributed by atoms with Gasteiger partial charge in [0.15, 0.2) is 0 Å². The second-order valence-corrected chi connectivity index (χ2v) is 8.37. The predicted molar refractivity (Wildman–Crippen MR) is 131 cm³/mol. The van der Waals surface area contributed by atoms with E-state index in [2.05, 4.69) is 5.32 Å². The molecule has 0 fully saturated rings. The summed E-state index contributed by atoms with van der Waals surface area (Å²) in [6.07, 6.45) is 0.880. The van der Waals surface area contributed by atoms with Gasteiger partial charge in [-0.2, -0.15) is 0 Å². The Morgan fingerprint density at radius 3 is 2.38 bits per heavy atom. The van der Waals surface area contributed by atoms with Crippen molar-refractivity contribution in [2.75, 3.05) is 11.9 Å². The van der Waals surface area contributed by atoms with Crippen LogP contribution in [0.5, 0.6) is 5.75 Å². The van der Waals surface area contributed by atoms with E-state index in [4.69, 9.17) is 4.74 Å². The van der Waals surface area contributed by atoms with Gasteiger partial charge in [0.25, 0.3) is 11.8 Å². The van der Waals surface area contributed by atoms with E-state index >= 15 is 0 Å². The highest BCUT2D eigenvalue weighted by Gasteiger charge is 2.39. The van der Waals surface area contributed by atoms with E-state index < -0.39 is 11.8 Å². The lowest BCUT2D eigenvalue weighted by Gasteiger charge is -2.15. The monoisotopic (exact) mass is 458 g/mol. The first-order valence-corrected chi connectivity index (χ1v) is 11.3. The zero-order valence-corrected chi connectivity index (χ0v) is 19.5. The number of carbonyl (C=O) groups is 2. The fourth-order valence-electron chi connectivity index (χ4n) is 3.80. The summed E-state index contributed by atoms with van der Waals surface area (Å²) in [7, 11) is 0. The Morgan fingerprint density at radius 1 is 0.912 bits per heavy atom. The molecule has 0 aliphatic carbocycles. The molecule has 0 radical (unpaired) electrons. The van der Waals surface area contributed by atoms with E-state index in [1.54, 1.807) is 18.2 Å². The quantitative estimate of drug-likeness (QED) is 0.445. The Balaban J connectivity index is 1.72. The number of imide groups is 1. The zero-order valence-electron chi connectivity index (χ0n) is 19.5. The molecule has 4 rings (SSSR count). The van der Waals surface area contributed by atoms with Crippen LogP contribution in [0.3, 0.4) is 0 Å². The lowest BCUT2D eigenvalue weighted by Crippen LogP contribution is -2.32. The number of anilines is 1. The van der Waals surface area contributed by atoms with Crippen molar-refractivity contribution in [2.45, 2.75) is 33.7 Å². The van der Waals surface area contributed by atoms with Crippen LogP contribution in [0.4, 0.5) is 10.1 Å². The van der Waals surface area contributed by atoms with E-state index in [0.29, 0.717) is 34.7 Å². The standard InChI is InChI=1S/C28H27FN2O3/c1-4-14-34-24-7-5-6-23(16-24)30-26-25(21-11-8-18(2)19(3)15-21)27(32)31(28(26)33)17-20-9-12-22(29)13-10-20/h5-13,15-16,30H,4,14,17H2,1-3H3. The van der Waals surface area contributed by atoms with Gasteiger partial charge in [0.2, 0.25) is 0 Å². The second kappa shape index (κ2) is 9.91. The number of amides is 2. The number of aryl methyl sites for hydroxylation is 2. The Morgan fingerprint density at radius 2 is 1.68 bits per heavy atom. The smallest absolute Gasteiger partial charge is 0.278 e. The summed E-state index contributed by atoms with van der Waals surface area (Å²) in [5.41, 5.74) is 4.63. The van der Waals surface area contributed by atoms with Crippen molar-refractivity contribution in [1.82, 2.24) is 4.90 Å². The maximum atomic E-state index is 13.5. The van der Waals surface area contributed by atoms with Gasteiger partial charge in [-0.05, 0) is 66.8 Å². The molecule has 5 nitrogen and oxygen atoms in total. The first-order valence-electron chi connectivity index (χ1n) is 11.3. The Kier molecular flexibility index (Phi) is 6.77. The number of ether oxygens (including phenoxy) is 1. The number of benzene rings is 3. The highest BCUT2D eigenvalue weighted by atomic mass is 19.1. The van der Waals surface area contributed by atoms with Gasteiger partial charge in [-0.1, -0.05) is 43.3 Å². The van der Waals surface area contributed by atoms with Gasteiger partial charge in [0.05, 0.1) is 18.7 Å². The van der Waals surface area contributed by atoms with Crippen LogP contribution in [0.25, 0.3) is 5.57 Å². The molecule has 0 atom stereocenters. The molecule has 3 aromatic rings. The molecule has 1 aliphatic rings. The Bertz CT molecular complexity index is 1260. The number of nitrogens with one attached hydrogen (secondary N) is 1. The topological polar surface area (TPSA) is 58.6 Å². The molecule has 0 bridgehead atoms. The third-order valence-electron chi connectivity index (χ3n) is 5.79. The Labute approximate surface area is 198 Å². The molecule has 2 amide bonds. The number of nitrogens with zero attached hydrogens (tertiary/aromatic N) is 1. The number of hydrogen-bond acceptors (Lipinski definition) is 4. The molecule has 1 N–H and O–H groups in total. The van der Waals surface area contributed by atoms with Crippen LogP contribution >= 0.6 is 0 Å². The minimum atomic E-state index is -0.428. The number of halogens is 1. The summed E-state index contributed by atoms with van der Waals surface area (Å²) in [4.78, 5) is 28.2. The summed E-state index contributed by atoms with van der Waals surface area (Å²) < 4.78 is 19.1. The van der Waals surface area contributed by atoms with E-state index in [1.165, 1.54) is 17.0 Å². The number of hydrogen-bond donors (Lipinski definition) is 1. The van der Waals surface area contributed by atoms with E-state index in [-0.39, 0.29) is 18.1 Å². The lowest BCUT2D eigenvalue weighted by molar-refractivity contribution is -0.137. The largest absolute Gasteiger partial charge is 0.494 e. The van der Waals surface area contributed by atoms with Crippen LogP contribution in [0.2, 0.25) is 0 Å². The highest BCUT2D eigenvalue weighted by Crippen LogP contribution is 2.33. The molecular weight excluding hydrogens is 431 g/mol. The average molecular weight is 459 g/mol. The van der Waals surface area contributed by atoms with Gasteiger partial charge < -0.3 is 10.1 Å². The minimum absolute atomic E-state index is 0.0527. The summed E-state index contributed by atoms with van der Waals surface area (Å²) >= 11 is 0. The van der Waals surface area contributed by atoms with Crippen molar-refractivity contribution < 1.29 is 18.7 Å². The molecular formula is C28H27FN2O3. The molecule has 0 saturated carbocycles. The molecule has 0 aromatic heterocycles. The summed E-state index contributed by atoms with van der Waals surface area (Å²) in [5.74, 6) is -0.509. The normalized spacial score (nSPS) is 13.6. The average Bonchev–Trinajstić information content (AvgIpc) is 3.05. The fourth-order valence-corrected chi connectivity index (χ4v) is 3.80. The van der Waals surface area contributed by atoms with Crippen molar-refractivity contribution in [1.29, 1.82) is 0 Å². The third kappa shape index (κ3) is 4.86.